The maximum atomic E-state index is 13.1. The molecule has 1 aliphatic rings. The van der Waals surface area contributed by atoms with E-state index in [-0.39, 0.29) is 18.4 Å². The summed E-state index contributed by atoms with van der Waals surface area (Å²) in [6.07, 6.45) is 3.08. The first kappa shape index (κ1) is 22.2. The van der Waals surface area contributed by atoms with Crippen LogP contribution in [-0.4, -0.2) is 55.3 Å². The standard InChI is InChI=1S/C24H28N4O3/c1-17-6-9-20(10-7-17)28(16-23(30)27-14-12-26-13-15-27)22(29)11-8-19-4-3-5-21(18(19)2)24(25)31/h3-11,26H,12-16H2,1-2H3,(H2,25,31)/b11-8+. The topological polar surface area (TPSA) is 95.7 Å². The van der Waals surface area contributed by atoms with E-state index in [1.54, 1.807) is 30.0 Å². The van der Waals surface area contributed by atoms with E-state index in [0.29, 0.717) is 29.9 Å². The van der Waals surface area contributed by atoms with E-state index in [4.69, 9.17) is 5.73 Å². The van der Waals surface area contributed by atoms with E-state index in [1.807, 2.05) is 37.3 Å². The lowest BCUT2D eigenvalue weighted by molar-refractivity contribution is -0.131. The Hall–Kier alpha value is -3.45. The monoisotopic (exact) mass is 420 g/mol. The molecule has 3 amide bonds. The number of amides is 3. The molecule has 3 rings (SSSR count). The molecule has 0 aliphatic carbocycles. The van der Waals surface area contributed by atoms with Gasteiger partial charge in [-0.05, 0) is 49.2 Å². The number of rotatable bonds is 6. The summed E-state index contributed by atoms with van der Waals surface area (Å²) >= 11 is 0. The molecule has 0 bridgehead atoms. The van der Waals surface area contributed by atoms with Crippen LogP contribution in [0.2, 0.25) is 0 Å². The fraction of sp³-hybridized carbons (Fsp3) is 0.292. The first-order chi connectivity index (χ1) is 14.9. The Bertz CT molecular complexity index is 992. The molecule has 162 valence electrons. The fourth-order valence-electron chi connectivity index (χ4n) is 3.52. The van der Waals surface area contributed by atoms with Crippen LogP contribution in [0.4, 0.5) is 5.69 Å². The highest BCUT2D eigenvalue weighted by Gasteiger charge is 2.22. The summed E-state index contributed by atoms with van der Waals surface area (Å²) in [4.78, 5) is 40.8. The minimum absolute atomic E-state index is 0.0352. The van der Waals surface area contributed by atoms with Gasteiger partial charge in [0, 0.05) is 43.5 Å². The minimum atomic E-state index is -0.512. The van der Waals surface area contributed by atoms with Crippen molar-refractivity contribution in [1.29, 1.82) is 0 Å². The van der Waals surface area contributed by atoms with Crippen molar-refractivity contribution in [2.45, 2.75) is 13.8 Å². The molecule has 2 aromatic rings. The van der Waals surface area contributed by atoms with Gasteiger partial charge in [-0.3, -0.25) is 19.3 Å². The summed E-state index contributed by atoms with van der Waals surface area (Å²) in [5, 5.41) is 3.22. The Morgan fingerprint density at radius 2 is 1.74 bits per heavy atom. The predicted molar refractivity (Wildman–Crippen MR) is 122 cm³/mol. The van der Waals surface area contributed by atoms with E-state index < -0.39 is 5.91 Å². The van der Waals surface area contributed by atoms with E-state index in [1.165, 1.54) is 11.0 Å². The molecule has 1 fully saturated rings. The summed E-state index contributed by atoms with van der Waals surface area (Å²) in [6, 6.07) is 12.7. The minimum Gasteiger partial charge on any atom is -0.366 e. The number of primary amides is 1. The second-order valence-electron chi connectivity index (χ2n) is 7.61. The van der Waals surface area contributed by atoms with Gasteiger partial charge in [0.05, 0.1) is 0 Å². The Labute approximate surface area is 182 Å². The van der Waals surface area contributed by atoms with Gasteiger partial charge in [-0.15, -0.1) is 0 Å². The second kappa shape index (κ2) is 10.0. The first-order valence-electron chi connectivity index (χ1n) is 10.3. The molecular weight excluding hydrogens is 392 g/mol. The van der Waals surface area contributed by atoms with Crippen LogP contribution in [0.25, 0.3) is 6.08 Å². The Balaban J connectivity index is 1.84. The molecule has 1 heterocycles. The SMILES string of the molecule is Cc1ccc(N(CC(=O)N2CCNCC2)C(=O)/C=C/c2cccc(C(N)=O)c2C)cc1. The lowest BCUT2D eigenvalue weighted by atomic mass is 10.0. The highest BCUT2D eigenvalue weighted by atomic mass is 16.2. The molecule has 0 unspecified atom stereocenters. The van der Waals surface area contributed by atoms with Gasteiger partial charge in [0.2, 0.25) is 11.8 Å². The van der Waals surface area contributed by atoms with E-state index in [9.17, 15) is 14.4 Å². The number of hydrogen-bond donors (Lipinski definition) is 2. The zero-order valence-corrected chi connectivity index (χ0v) is 17.9. The maximum Gasteiger partial charge on any atom is 0.251 e. The molecule has 0 radical (unpaired) electrons. The van der Waals surface area contributed by atoms with Gasteiger partial charge in [-0.2, -0.15) is 0 Å². The van der Waals surface area contributed by atoms with E-state index in [0.717, 1.165) is 24.2 Å². The molecule has 0 atom stereocenters. The van der Waals surface area contributed by atoms with Crippen LogP contribution < -0.4 is 16.0 Å². The van der Waals surface area contributed by atoms with Crippen LogP contribution in [0.15, 0.2) is 48.5 Å². The largest absolute Gasteiger partial charge is 0.366 e. The van der Waals surface area contributed by atoms with Crippen LogP contribution in [0.5, 0.6) is 0 Å². The molecule has 3 N–H and O–H groups in total. The normalized spacial score (nSPS) is 13.9. The first-order valence-corrected chi connectivity index (χ1v) is 10.3. The lowest BCUT2D eigenvalue weighted by Crippen LogP contribution is -2.50. The molecule has 7 nitrogen and oxygen atoms in total. The summed E-state index contributed by atoms with van der Waals surface area (Å²) in [5.74, 6) is -0.908. The number of nitrogens with zero attached hydrogens (tertiary/aromatic N) is 2. The highest BCUT2D eigenvalue weighted by Crippen LogP contribution is 2.18. The van der Waals surface area contributed by atoms with Crippen LogP contribution >= 0.6 is 0 Å². The van der Waals surface area contributed by atoms with Gasteiger partial charge in [0.15, 0.2) is 0 Å². The predicted octanol–water partition coefficient (Wildman–Crippen LogP) is 1.88. The highest BCUT2D eigenvalue weighted by molar-refractivity contribution is 6.07. The van der Waals surface area contributed by atoms with Crippen LogP contribution in [0, 0.1) is 13.8 Å². The maximum absolute atomic E-state index is 13.1. The number of anilines is 1. The van der Waals surface area contributed by atoms with Crippen molar-refractivity contribution >= 4 is 29.5 Å². The van der Waals surface area contributed by atoms with Crippen molar-refractivity contribution < 1.29 is 14.4 Å². The van der Waals surface area contributed by atoms with Crippen LogP contribution in [0.1, 0.15) is 27.0 Å². The lowest BCUT2D eigenvalue weighted by Gasteiger charge is -2.30. The average molecular weight is 421 g/mol. The van der Waals surface area contributed by atoms with Crippen molar-refractivity contribution in [3.63, 3.8) is 0 Å². The molecule has 2 aromatic carbocycles. The van der Waals surface area contributed by atoms with E-state index >= 15 is 0 Å². The molecule has 0 aromatic heterocycles. The van der Waals surface area contributed by atoms with Gasteiger partial charge in [0.25, 0.3) is 5.91 Å². The van der Waals surface area contributed by atoms with Crippen molar-refractivity contribution in [2.24, 2.45) is 5.73 Å². The van der Waals surface area contributed by atoms with Gasteiger partial charge in [-0.25, -0.2) is 0 Å². The van der Waals surface area contributed by atoms with Crippen molar-refractivity contribution in [1.82, 2.24) is 10.2 Å². The third kappa shape index (κ3) is 5.58. The van der Waals surface area contributed by atoms with Gasteiger partial charge < -0.3 is 16.0 Å². The number of carbonyl (C=O) groups is 3. The Morgan fingerprint density at radius 3 is 2.39 bits per heavy atom. The molecule has 0 spiro atoms. The summed E-state index contributed by atoms with van der Waals surface area (Å²) < 4.78 is 0. The summed E-state index contributed by atoms with van der Waals surface area (Å²) in [5.41, 5.74) is 8.99. The van der Waals surface area contributed by atoms with Crippen molar-refractivity contribution in [2.75, 3.05) is 37.6 Å². The number of benzene rings is 2. The summed E-state index contributed by atoms with van der Waals surface area (Å²) in [7, 11) is 0. The molecule has 1 saturated heterocycles. The third-order valence-corrected chi connectivity index (χ3v) is 5.42. The number of aryl methyl sites for hydroxylation is 1. The number of hydrogen-bond acceptors (Lipinski definition) is 4. The zero-order valence-electron chi connectivity index (χ0n) is 17.9. The number of carbonyl (C=O) groups excluding carboxylic acids is 3. The van der Waals surface area contributed by atoms with Crippen LogP contribution in [-0.2, 0) is 9.59 Å². The second-order valence-corrected chi connectivity index (χ2v) is 7.61. The molecule has 1 aliphatic heterocycles. The zero-order chi connectivity index (χ0) is 22.4. The summed E-state index contributed by atoms with van der Waals surface area (Å²) in [6.45, 7) is 6.48. The van der Waals surface area contributed by atoms with Crippen molar-refractivity contribution in [3.05, 3.63) is 70.8 Å². The molecule has 7 heteroatoms. The third-order valence-electron chi connectivity index (χ3n) is 5.42. The molecule has 0 saturated carbocycles. The Morgan fingerprint density at radius 1 is 1.06 bits per heavy atom. The number of nitrogens with one attached hydrogen (secondary N) is 1. The van der Waals surface area contributed by atoms with Crippen LogP contribution in [0.3, 0.4) is 0 Å². The number of nitrogens with two attached hydrogens (primary N) is 1. The van der Waals surface area contributed by atoms with Gasteiger partial charge in [-0.1, -0.05) is 29.8 Å². The quantitative estimate of drug-likeness (QED) is 0.698. The van der Waals surface area contributed by atoms with Gasteiger partial charge in [0.1, 0.15) is 6.54 Å². The fourth-order valence-corrected chi connectivity index (χ4v) is 3.52. The average Bonchev–Trinajstić information content (AvgIpc) is 2.77. The van der Waals surface area contributed by atoms with Crippen molar-refractivity contribution in [3.8, 4) is 0 Å². The Kier molecular flexibility index (Phi) is 7.20. The smallest absolute Gasteiger partial charge is 0.251 e. The molecular formula is C24H28N4O3. The number of piperazine rings is 1. The van der Waals surface area contributed by atoms with E-state index in [2.05, 4.69) is 5.32 Å². The molecule has 31 heavy (non-hydrogen) atoms. The van der Waals surface area contributed by atoms with Gasteiger partial charge >= 0.3 is 0 Å².